The van der Waals surface area contributed by atoms with E-state index < -0.39 is 18.0 Å². The highest BCUT2D eigenvalue weighted by atomic mass is 32.2. The summed E-state index contributed by atoms with van der Waals surface area (Å²) in [6.45, 7) is 3.55. The van der Waals surface area contributed by atoms with Gasteiger partial charge < -0.3 is 14.9 Å². The Labute approximate surface area is 113 Å². The molecule has 2 heterocycles. The smallest absolute Gasteiger partial charge is 0.327 e. The zero-order chi connectivity index (χ0) is 14.0. The maximum absolute atomic E-state index is 12.0. The highest BCUT2D eigenvalue weighted by Gasteiger charge is 2.39. The van der Waals surface area contributed by atoms with Crippen molar-refractivity contribution < 1.29 is 19.2 Å². The van der Waals surface area contributed by atoms with Crippen LogP contribution >= 0.6 is 11.8 Å². The number of aryl methyl sites for hydroxylation is 1. The monoisotopic (exact) mass is 286 g/mol. The van der Waals surface area contributed by atoms with Gasteiger partial charge >= 0.3 is 12.0 Å². The average molecular weight is 286 g/mol. The first-order valence-corrected chi connectivity index (χ1v) is 6.73. The number of hydrogen-bond donors (Lipinski definition) is 2. The molecule has 1 aliphatic rings. The molecule has 1 fully saturated rings. The van der Waals surface area contributed by atoms with E-state index in [-0.39, 0.29) is 17.8 Å². The average Bonchev–Trinajstić information content (AvgIpc) is 2.92. The summed E-state index contributed by atoms with van der Waals surface area (Å²) < 4.78 is 4.86. The molecular formula is C10H14N4O4S. The first-order chi connectivity index (χ1) is 8.99. The van der Waals surface area contributed by atoms with Gasteiger partial charge in [-0.1, -0.05) is 5.16 Å². The second-order valence-electron chi connectivity index (χ2n) is 4.09. The van der Waals surface area contributed by atoms with Crippen molar-refractivity contribution in [1.29, 1.82) is 0 Å². The van der Waals surface area contributed by atoms with Crippen molar-refractivity contribution in [2.24, 2.45) is 0 Å². The van der Waals surface area contributed by atoms with Crippen LogP contribution in [0.25, 0.3) is 0 Å². The molecule has 0 bridgehead atoms. The predicted molar refractivity (Wildman–Crippen MR) is 66.5 cm³/mol. The minimum Gasteiger partial charge on any atom is -0.480 e. The Bertz CT molecular complexity index is 492. The van der Waals surface area contributed by atoms with Gasteiger partial charge in [0.05, 0.1) is 11.9 Å². The maximum atomic E-state index is 12.0. The fraction of sp³-hybridized carbons (Fsp3) is 0.600. The van der Waals surface area contributed by atoms with Gasteiger partial charge in [0, 0.05) is 5.75 Å². The van der Waals surface area contributed by atoms with Crippen molar-refractivity contribution in [1.82, 2.24) is 20.4 Å². The van der Waals surface area contributed by atoms with Gasteiger partial charge in [0.25, 0.3) is 0 Å². The number of aromatic nitrogens is 2. The van der Waals surface area contributed by atoms with Crippen molar-refractivity contribution in [2.75, 3.05) is 5.75 Å². The fourth-order valence-corrected chi connectivity index (χ4v) is 2.96. The molecule has 2 amide bonds. The molecule has 0 spiro atoms. The second kappa shape index (κ2) is 5.47. The number of carboxylic acids is 1. The van der Waals surface area contributed by atoms with Crippen LogP contribution in [-0.2, 0) is 11.3 Å². The molecule has 0 aliphatic carbocycles. The highest BCUT2D eigenvalue weighted by Crippen LogP contribution is 2.28. The topological polar surface area (TPSA) is 109 Å². The predicted octanol–water partition coefficient (Wildman–Crippen LogP) is 0.436. The molecule has 0 aromatic carbocycles. The van der Waals surface area contributed by atoms with Gasteiger partial charge in [0.2, 0.25) is 5.89 Å². The van der Waals surface area contributed by atoms with Gasteiger partial charge in [-0.15, -0.1) is 11.8 Å². The van der Waals surface area contributed by atoms with Crippen molar-refractivity contribution in [3.63, 3.8) is 0 Å². The van der Waals surface area contributed by atoms with Gasteiger partial charge in [-0.25, -0.2) is 9.59 Å². The molecule has 1 saturated heterocycles. The normalized spacial score (nSPS) is 22.5. The summed E-state index contributed by atoms with van der Waals surface area (Å²) in [6, 6.07) is -1.25. The fourth-order valence-electron chi connectivity index (χ4n) is 1.80. The van der Waals surface area contributed by atoms with Gasteiger partial charge in [-0.3, -0.25) is 4.90 Å². The van der Waals surface area contributed by atoms with Crippen molar-refractivity contribution in [2.45, 2.75) is 31.8 Å². The second-order valence-corrected chi connectivity index (χ2v) is 5.44. The van der Waals surface area contributed by atoms with E-state index in [1.165, 1.54) is 16.7 Å². The maximum Gasteiger partial charge on any atom is 0.327 e. The lowest BCUT2D eigenvalue weighted by molar-refractivity contribution is -0.141. The zero-order valence-corrected chi connectivity index (χ0v) is 11.3. The number of nitrogens with one attached hydrogen (secondary N) is 1. The molecular weight excluding hydrogens is 272 g/mol. The van der Waals surface area contributed by atoms with E-state index in [1.807, 2.05) is 0 Å². The summed E-state index contributed by atoms with van der Waals surface area (Å²) in [6.07, 6.45) is 0. The van der Waals surface area contributed by atoms with Crippen LogP contribution in [0.15, 0.2) is 4.52 Å². The number of thioether (sulfide) groups is 1. The van der Waals surface area contributed by atoms with E-state index in [0.29, 0.717) is 11.6 Å². The number of amides is 2. The van der Waals surface area contributed by atoms with Crippen molar-refractivity contribution >= 4 is 23.8 Å². The molecule has 8 nitrogen and oxygen atoms in total. The number of hydrogen-bond acceptors (Lipinski definition) is 6. The quantitative estimate of drug-likeness (QED) is 0.829. The molecule has 19 heavy (non-hydrogen) atoms. The summed E-state index contributed by atoms with van der Waals surface area (Å²) >= 11 is 1.43. The first-order valence-electron chi connectivity index (χ1n) is 5.69. The number of aliphatic carboxylic acids is 1. The van der Waals surface area contributed by atoms with Gasteiger partial charge in [-0.2, -0.15) is 4.98 Å². The van der Waals surface area contributed by atoms with Gasteiger partial charge in [-0.05, 0) is 13.8 Å². The summed E-state index contributed by atoms with van der Waals surface area (Å²) in [5.41, 5.74) is 0. The van der Waals surface area contributed by atoms with E-state index >= 15 is 0 Å². The zero-order valence-electron chi connectivity index (χ0n) is 10.5. The molecule has 1 aliphatic heterocycles. The molecule has 0 radical (unpaired) electrons. The van der Waals surface area contributed by atoms with Crippen molar-refractivity contribution in [3.8, 4) is 0 Å². The van der Waals surface area contributed by atoms with E-state index in [9.17, 15) is 9.59 Å². The summed E-state index contributed by atoms with van der Waals surface area (Å²) in [7, 11) is 0. The Hall–Kier alpha value is -1.77. The number of urea groups is 1. The molecule has 0 saturated carbocycles. The highest BCUT2D eigenvalue weighted by molar-refractivity contribution is 8.00. The van der Waals surface area contributed by atoms with Crippen LogP contribution in [0.2, 0.25) is 0 Å². The Morgan fingerprint density at radius 1 is 1.63 bits per heavy atom. The van der Waals surface area contributed by atoms with Crippen LogP contribution in [0.1, 0.15) is 18.6 Å². The molecule has 1 aromatic heterocycles. The molecule has 2 atom stereocenters. The van der Waals surface area contributed by atoms with Crippen molar-refractivity contribution in [3.05, 3.63) is 11.7 Å². The lowest BCUT2D eigenvalue weighted by atomic mass is 10.3. The van der Waals surface area contributed by atoms with E-state index in [4.69, 9.17) is 9.63 Å². The van der Waals surface area contributed by atoms with Crippen LogP contribution in [-0.4, -0.2) is 49.3 Å². The standard InChI is InChI=1S/C10H14N4O4S/c1-5-12-8(18-13-5)3-11-10(17)14-6(2)19-4-7(14)9(15)16/h6-7H,3-4H2,1-2H3,(H,11,17)(H,15,16). The largest absolute Gasteiger partial charge is 0.480 e. The molecule has 9 heteroatoms. The van der Waals surface area contributed by atoms with Gasteiger partial charge in [0.1, 0.15) is 6.04 Å². The van der Waals surface area contributed by atoms with Crippen LogP contribution in [0.4, 0.5) is 4.79 Å². The lowest BCUT2D eigenvalue weighted by Gasteiger charge is -2.24. The molecule has 2 rings (SSSR count). The van der Waals surface area contributed by atoms with Crippen LogP contribution in [0.5, 0.6) is 0 Å². The third-order valence-corrected chi connectivity index (χ3v) is 3.92. The van der Waals surface area contributed by atoms with Gasteiger partial charge in [0.15, 0.2) is 5.82 Å². The Morgan fingerprint density at radius 2 is 2.37 bits per heavy atom. The number of carboxylic acid groups (broad SMARTS) is 1. The van der Waals surface area contributed by atoms with E-state index in [1.54, 1.807) is 13.8 Å². The summed E-state index contributed by atoms with van der Waals surface area (Å²) in [4.78, 5) is 28.3. The summed E-state index contributed by atoms with van der Waals surface area (Å²) in [5, 5.41) is 15.1. The van der Waals surface area contributed by atoms with Crippen LogP contribution < -0.4 is 5.32 Å². The number of carbonyl (C=O) groups excluding carboxylic acids is 1. The lowest BCUT2D eigenvalue weighted by Crippen LogP contribution is -2.49. The first kappa shape index (κ1) is 13.7. The third kappa shape index (κ3) is 2.98. The Balaban J connectivity index is 1.96. The number of rotatable bonds is 3. The molecule has 1 aromatic rings. The van der Waals surface area contributed by atoms with Crippen LogP contribution in [0.3, 0.4) is 0 Å². The number of carbonyl (C=O) groups is 2. The molecule has 2 N–H and O–H groups in total. The minimum atomic E-state index is -0.999. The molecule has 104 valence electrons. The Kier molecular flexibility index (Phi) is 3.93. The SMILES string of the molecule is Cc1noc(CNC(=O)N2C(C)SCC2C(=O)O)n1. The minimum absolute atomic E-state index is 0.0832. The Morgan fingerprint density at radius 3 is 2.95 bits per heavy atom. The van der Waals surface area contributed by atoms with E-state index in [2.05, 4.69) is 15.5 Å². The molecule has 2 unspecified atom stereocenters. The number of nitrogens with zero attached hydrogens (tertiary/aromatic N) is 3. The van der Waals surface area contributed by atoms with E-state index in [0.717, 1.165) is 0 Å². The third-order valence-electron chi connectivity index (χ3n) is 2.70. The summed E-state index contributed by atoms with van der Waals surface area (Å²) in [5.74, 6) is 0.166. The van der Waals surface area contributed by atoms with Crippen LogP contribution in [0, 0.1) is 6.92 Å².